The van der Waals surface area contributed by atoms with Gasteiger partial charge in [-0.05, 0) is 92.4 Å². The molecule has 0 saturated heterocycles. The van der Waals surface area contributed by atoms with E-state index in [2.05, 4.69) is 166 Å². The molecule has 2 aromatic heterocycles. The van der Waals surface area contributed by atoms with Gasteiger partial charge in [0.2, 0.25) is 0 Å². The molecule has 2 N–H and O–H groups in total. The minimum absolute atomic E-state index is 0.180. The van der Waals surface area contributed by atoms with Gasteiger partial charge >= 0.3 is 0 Å². The Labute approximate surface area is 252 Å². The molecule has 0 saturated carbocycles. The number of hydrogen-bond donors (Lipinski definition) is 2. The SMILES string of the molecule is CC(C)(C)c1ccc2[nH]c3ccc(C(C)(C)C)cc3c2c1.CC(C)(C)c1ccc2[nH]c3ccc(C(C)(C)C)cc3c2c1. The number of hydrogen-bond acceptors (Lipinski definition) is 0. The number of H-pyrrole nitrogens is 2. The lowest BCUT2D eigenvalue weighted by Gasteiger charge is -2.19. The lowest BCUT2D eigenvalue weighted by molar-refractivity contribution is 0.590. The number of fused-ring (bicyclic) bond motifs is 6. The minimum Gasteiger partial charge on any atom is -0.355 e. The minimum atomic E-state index is 0.180. The maximum atomic E-state index is 3.54. The van der Waals surface area contributed by atoms with Crippen LogP contribution in [0.4, 0.5) is 0 Å². The summed E-state index contributed by atoms with van der Waals surface area (Å²) in [5, 5.41) is 5.35. The van der Waals surface area contributed by atoms with Crippen LogP contribution in [0.3, 0.4) is 0 Å². The van der Waals surface area contributed by atoms with E-state index in [1.165, 1.54) is 65.9 Å². The summed E-state index contributed by atoms with van der Waals surface area (Å²) in [6, 6.07) is 27.2. The molecule has 2 nitrogen and oxygen atoms in total. The number of rotatable bonds is 0. The van der Waals surface area contributed by atoms with Gasteiger partial charge in [-0.3, -0.25) is 0 Å². The summed E-state index contributed by atoms with van der Waals surface area (Å²) in [6.07, 6.45) is 0. The largest absolute Gasteiger partial charge is 0.355 e. The first-order valence-corrected chi connectivity index (χ1v) is 15.5. The summed E-state index contributed by atoms with van der Waals surface area (Å²) in [5.41, 5.74) is 11.2. The summed E-state index contributed by atoms with van der Waals surface area (Å²) < 4.78 is 0. The van der Waals surface area contributed by atoms with Gasteiger partial charge in [0.25, 0.3) is 0 Å². The summed E-state index contributed by atoms with van der Waals surface area (Å²) in [7, 11) is 0. The molecular formula is C40H50N2. The Morgan fingerprint density at radius 3 is 0.667 bits per heavy atom. The summed E-state index contributed by atoms with van der Waals surface area (Å²) in [6.45, 7) is 27.2. The van der Waals surface area contributed by atoms with Crippen molar-refractivity contribution in [1.82, 2.24) is 9.97 Å². The smallest absolute Gasteiger partial charge is 0.0465 e. The normalized spacial score (nSPS) is 13.2. The van der Waals surface area contributed by atoms with Crippen molar-refractivity contribution in [2.24, 2.45) is 0 Å². The lowest BCUT2D eigenvalue weighted by atomic mass is 9.85. The van der Waals surface area contributed by atoms with Crippen molar-refractivity contribution in [3.63, 3.8) is 0 Å². The highest BCUT2D eigenvalue weighted by Gasteiger charge is 2.19. The fourth-order valence-electron chi connectivity index (χ4n) is 5.66. The van der Waals surface area contributed by atoms with Crippen LogP contribution in [0.25, 0.3) is 43.6 Å². The standard InChI is InChI=1S/2C20H25N/c2*1-19(2,3)13-7-9-17-15(11-13)16-12-14(20(4,5)6)8-10-18(16)21-17/h2*7-12,21H,1-6H3. The average Bonchev–Trinajstić information content (AvgIpc) is 3.43. The molecule has 0 radical (unpaired) electrons. The molecular weight excluding hydrogens is 508 g/mol. The van der Waals surface area contributed by atoms with Gasteiger partial charge in [-0.1, -0.05) is 107 Å². The van der Waals surface area contributed by atoms with E-state index in [1.807, 2.05) is 0 Å². The van der Waals surface area contributed by atoms with Crippen molar-refractivity contribution in [2.75, 3.05) is 0 Å². The molecule has 0 bridgehead atoms. The maximum Gasteiger partial charge on any atom is 0.0465 e. The topological polar surface area (TPSA) is 31.6 Å². The second-order valence-corrected chi connectivity index (χ2v) is 16.3. The van der Waals surface area contributed by atoms with Crippen molar-refractivity contribution in [1.29, 1.82) is 0 Å². The van der Waals surface area contributed by atoms with E-state index in [9.17, 15) is 0 Å². The van der Waals surface area contributed by atoms with Gasteiger partial charge in [-0.15, -0.1) is 0 Å². The van der Waals surface area contributed by atoms with E-state index in [0.29, 0.717) is 0 Å². The highest BCUT2D eigenvalue weighted by atomic mass is 14.7. The Hall–Kier alpha value is -3.52. The molecule has 0 atom stereocenters. The average molecular weight is 559 g/mol. The first kappa shape index (κ1) is 30.0. The molecule has 0 aliphatic carbocycles. The Balaban J connectivity index is 0.000000168. The van der Waals surface area contributed by atoms with Crippen molar-refractivity contribution in [3.05, 3.63) is 95.1 Å². The van der Waals surface area contributed by atoms with Crippen LogP contribution in [-0.2, 0) is 21.7 Å². The third-order valence-electron chi connectivity index (χ3n) is 8.66. The zero-order valence-corrected chi connectivity index (χ0v) is 27.9. The summed E-state index contributed by atoms with van der Waals surface area (Å²) >= 11 is 0. The molecule has 0 spiro atoms. The zero-order valence-electron chi connectivity index (χ0n) is 27.9. The Morgan fingerprint density at radius 1 is 0.310 bits per heavy atom. The number of benzene rings is 4. The first-order valence-electron chi connectivity index (χ1n) is 15.5. The van der Waals surface area contributed by atoms with Gasteiger partial charge in [0, 0.05) is 43.6 Å². The highest BCUT2D eigenvalue weighted by molar-refractivity contribution is 6.08. The van der Waals surface area contributed by atoms with Crippen molar-refractivity contribution in [3.8, 4) is 0 Å². The van der Waals surface area contributed by atoms with Crippen LogP contribution < -0.4 is 0 Å². The predicted molar refractivity (Wildman–Crippen MR) is 186 cm³/mol. The van der Waals surface area contributed by atoms with Crippen LogP contribution in [-0.4, -0.2) is 9.97 Å². The molecule has 220 valence electrons. The second kappa shape index (κ2) is 10.0. The van der Waals surface area contributed by atoms with E-state index < -0.39 is 0 Å². The number of aromatic nitrogens is 2. The molecule has 4 aromatic carbocycles. The van der Waals surface area contributed by atoms with E-state index in [0.717, 1.165) is 0 Å². The zero-order chi connectivity index (χ0) is 30.8. The molecule has 6 aromatic rings. The number of aromatic amines is 2. The monoisotopic (exact) mass is 558 g/mol. The second-order valence-electron chi connectivity index (χ2n) is 16.3. The molecule has 2 heteroatoms. The van der Waals surface area contributed by atoms with Crippen LogP contribution in [0.5, 0.6) is 0 Å². The Bertz CT molecular complexity index is 1620. The van der Waals surface area contributed by atoms with Crippen LogP contribution in [0.1, 0.15) is 105 Å². The predicted octanol–water partition coefficient (Wildman–Crippen LogP) is 11.8. The Kier molecular flexibility index (Phi) is 7.16. The van der Waals surface area contributed by atoms with Gasteiger partial charge in [-0.2, -0.15) is 0 Å². The fourth-order valence-corrected chi connectivity index (χ4v) is 5.66. The molecule has 0 fully saturated rings. The van der Waals surface area contributed by atoms with Crippen molar-refractivity contribution < 1.29 is 0 Å². The Morgan fingerprint density at radius 2 is 0.500 bits per heavy atom. The highest BCUT2D eigenvalue weighted by Crippen LogP contribution is 2.35. The van der Waals surface area contributed by atoms with E-state index in [4.69, 9.17) is 0 Å². The van der Waals surface area contributed by atoms with E-state index in [-0.39, 0.29) is 21.7 Å². The molecule has 0 unspecified atom stereocenters. The fraction of sp³-hybridized carbons (Fsp3) is 0.400. The molecule has 0 amide bonds. The van der Waals surface area contributed by atoms with Gasteiger partial charge in [0.1, 0.15) is 0 Å². The van der Waals surface area contributed by atoms with Crippen molar-refractivity contribution in [2.45, 2.75) is 105 Å². The summed E-state index contributed by atoms with van der Waals surface area (Å²) in [4.78, 5) is 7.07. The first-order chi connectivity index (χ1) is 19.3. The van der Waals surface area contributed by atoms with Crippen LogP contribution >= 0.6 is 0 Å². The van der Waals surface area contributed by atoms with E-state index >= 15 is 0 Å². The molecule has 6 rings (SSSR count). The van der Waals surface area contributed by atoms with Gasteiger partial charge in [-0.25, -0.2) is 0 Å². The van der Waals surface area contributed by atoms with Gasteiger partial charge in [0.15, 0.2) is 0 Å². The molecule has 2 heterocycles. The third kappa shape index (κ3) is 5.87. The van der Waals surface area contributed by atoms with Gasteiger partial charge in [0.05, 0.1) is 0 Å². The van der Waals surface area contributed by atoms with Gasteiger partial charge < -0.3 is 9.97 Å². The lowest BCUT2D eigenvalue weighted by Crippen LogP contribution is -2.10. The molecule has 0 aliphatic rings. The number of nitrogens with one attached hydrogen (secondary N) is 2. The quantitative estimate of drug-likeness (QED) is 0.186. The van der Waals surface area contributed by atoms with E-state index in [1.54, 1.807) is 0 Å². The molecule has 0 aliphatic heterocycles. The maximum absolute atomic E-state index is 3.54. The van der Waals surface area contributed by atoms with Crippen LogP contribution in [0, 0.1) is 0 Å². The third-order valence-corrected chi connectivity index (χ3v) is 8.66. The summed E-state index contributed by atoms with van der Waals surface area (Å²) in [5.74, 6) is 0. The molecule has 42 heavy (non-hydrogen) atoms. The van der Waals surface area contributed by atoms with Crippen LogP contribution in [0.2, 0.25) is 0 Å². The van der Waals surface area contributed by atoms with Crippen molar-refractivity contribution >= 4 is 43.6 Å². The van der Waals surface area contributed by atoms with Crippen LogP contribution in [0.15, 0.2) is 72.8 Å².